The molecule has 1 saturated carbocycles. The van der Waals surface area contributed by atoms with Crippen molar-refractivity contribution in [3.05, 3.63) is 29.3 Å². The van der Waals surface area contributed by atoms with Gasteiger partial charge in [-0.2, -0.15) is 0 Å². The normalized spacial score (nSPS) is 16.5. The number of urea groups is 1. The summed E-state index contributed by atoms with van der Waals surface area (Å²) in [5, 5.41) is 15.7. The van der Waals surface area contributed by atoms with Crippen molar-refractivity contribution in [3.63, 3.8) is 0 Å². The maximum atomic E-state index is 11.8. The number of aryl methyl sites for hydroxylation is 1. The van der Waals surface area contributed by atoms with Gasteiger partial charge in [0.1, 0.15) is 5.75 Å². The number of rotatable bonds is 5. The third-order valence-electron chi connectivity index (χ3n) is 4.02. The molecule has 0 atom stereocenters. The summed E-state index contributed by atoms with van der Waals surface area (Å²) in [5.74, 6) is 0.839. The van der Waals surface area contributed by atoms with Crippen LogP contribution >= 0.6 is 0 Å². The smallest absolute Gasteiger partial charge is 0.315 e. The number of hydrogen-bond acceptors (Lipinski definition) is 3. The van der Waals surface area contributed by atoms with Gasteiger partial charge in [0.05, 0.1) is 12.7 Å². The van der Waals surface area contributed by atoms with Crippen molar-refractivity contribution < 1.29 is 14.6 Å². The lowest BCUT2D eigenvalue weighted by molar-refractivity contribution is 0.0501. The monoisotopic (exact) mass is 292 g/mol. The van der Waals surface area contributed by atoms with Crippen LogP contribution in [0.1, 0.15) is 36.8 Å². The molecule has 0 saturated heterocycles. The van der Waals surface area contributed by atoms with Crippen molar-refractivity contribution in [2.75, 3.05) is 13.7 Å². The van der Waals surface area contributed by atoms with E-state index in [-0.39, 0.29) is 6.03 Å². The topological polar surface area (TPSA) is 70.6 Å². The highest BCUT2D eigenvalue weighted by atomic mass is 16.5. The number of nitrogens with one attached hydrogen (secondary N) is 2. The van der Waals surface area contributed by atoms with Crippen molar-refractivity contribution in [2.45, 2.75) is 44.8 Å². The van der Waals surface area contributed by atoms with Gasteiger partial charge in [-0.25, -0.2) is 4.79 Å². The lowest BCUT2D eigenvalue weighted by Crippen LogP contribution is -2.44. The van der Waals surface area contributed by atoms with Crippen molar-refractivity contribution in [1.82, 2.24) is 10.6 Å². The lowest BCUT2D eigenvalue weighted by Gasteiger charge is -2.22. The zero-order valence-electron chi connectivity index (χ0n) is 12.7. The van der Waals surface area contributed by atoms with Gasteiger partial charge in [-0.15, -0.1) is 0 Å². The second kappa shape index (κ2) is 6.80. The molecule has 1 aliphatic rings. The van der Waals surface area contributed by atoms with E-state index in [1.54, 1.807) is 7.11 Å². The summed E-state index contributed by atoms with van der Waals surface area (Å²) >= 11 is 0. The van der Waals surface area contributed by atoms with E-state index in [1.807, 2.05) is 25.1 Å². The van der Waals surface area contributed by atoms with Gasteiger partial charge in [0.25, 0.3) is 0 Å². The van der Waals surface area contributed by atoms with Crippen LogP contribution in [-0.2, 0) is 6.54 Å². The van der Waals surface area contributed by atoms with Gasteiger partial charge < -0.3 is 20.5 Å². The van der Waals surface area contributed by atoms with E-state index in [9.17, 15) is 9.90 Å². The Morgan fingerprint density at radius 2 is 2.05 bits per heavy atom. The molecule has 2 amide bonds. The predicted molar refractivity (Wildman–Crippen MR) is 81.4 cm³/mol. The first-order chi connectivity index (χ1) is 10.0. The SMILES string of the molecule is COc1ccc(CNC(=O)NCC2(O)CCCC2)cc1C. The molecule has 1 aromatic rings. The minimum Gasteiger partial charge on any atom is -0.496 e. The summed E-state index contributed by atoms with van der Waals surface area (Å²) < 4.78 is 5.20. The first-order valence-corrected chi connectivity index (χ1v) is 7.40. The number of amides is 2. The van der Waals surface area contributed by atoms with Crippen LogP contribution in [-0.4, -0.2) is 30.4 Å². The quantitative estimate of drug-likeness (QED) is 0.778. The fourth-order valence-electron chi connectivity index (χ4n) is 2.75. The minimum atomic E-state index is -0.714. The van der Waals surface area contributed by atoms with E-state index >= 15 is 0 Å². The number of methoxy groups -OCH3 is 1. The molecule has 2 rings (SSSR count). The molecule has 0 spiro atoms. The minimum absolute atomic E-state index is 0.246. The van der Waals surface area contributed by atoms with Crippen LogP contribution in [0.2, 0.25) is 0 Å². The number of carbonyl (C=O) groups is 1. The highest BCUT2D eigenvalue weighted by molar-refractivity contribution is 5.73. The van der Waals surface area contributed by atoms with Crippen LogP contribution in [0.4, 0.5) is 4.79 Å². The molecular formula is C16H24N2O3. The summed E-state index contributed by atoms with van der Waals surface area (Å²) in [6, 6.07) is 5.56. The molecule has 1 aromatic carbocycles. The van der Waals surface area contributed by atoms with E-state index < -0.39 is 5.60 Å². The highest BCUT2D eigenvalue weighted by Crippen LogP contribution is 2.28. The first-order valence-electron chi connectivity index (χ1n) is 7.40. The van der Waals surface area contributed by atoms with Crippen molar-refractivity contribution in [1.29, 1.82) is 0 Å². The Kier molecular flexibility index (Phi) is 5.07. The van der Waals surface area contributed by atoms with E-state index in [2.05, 4.69) is 10.6 Å². The van der Waals surface area contributed by atoms with E-state index in [0.717, 1.165) is 42.6 Å². The molecule has 0 radical (unpaired) electrons. The Balaban J connectivity index is 1.77. The molecule has 0 aromatic heterocycles. The number of aliphatic hydroxyl groups is 1. The molecule has 21 heavy (non-hydrogen) atoms. The summed E-state index contributed by atoms with van der Waals surface area (Å²) in [4.78, 5) is 11.8. The van der Waals surface area contributed by atoms with Gasteiger partial charge in [-0.05, 0) is 37.0 Å². The zero-order valence-corrected chi connectivity index (χ0v) is 12.7. The predicted octanol–water partition coefficient (Wildman–Crippen LogP) is 2.11. The fourth-order valence-corrected chi connectivity index (χ4v) is 2.75. The van der Waals surface area contributed by atoms with Crippen LogP contribution in [0.3, 0.4) is 0 Å². The Labute approximate surface area is 125 Å². The molecule has 5 heteroatoms. The summed E-state index contributed by atoms with van der Waals surface area (Å²) in [5.41, 5.74) is 1.34. The van der Waals surface area contributed by atoms with Gasteiger partial charge in [0, 0.05) is 13.1 Å². The van der Waals surface area contributed by atoms with Crippen LogP contribution in [0.5, 0.6) is 5.75 Å². The molecule has 0 bridgehead atoms. The van der Waals surface area contributed by atoms with Gasteiger partial charge in [0.15, 0.2) is 0 Å². The largest absolute Gasteiger partial charge is 0.496 e. The third-order valence-corrected chi connectivity index (χ3v) is 4.02. The molecule has 0 unspecified atom stereocenters. The molecule has 1 aliphatic carbocycles. The molecule has 5 nitrogen and oxygen atoms in total. The Bertz CT molecular complexity index is 496. The molecule has 1 fully saturated rings. The fraction of sp³-hybridized carbons (Fsp3) is 0.562. The molecule has 3 N–H and O–H groups in total. The summed E-state index contributed by atoms with van der Waals surface area (Å²) in [6.45, 7) is 2.74. The van der Waals surface area contributed by atoms with Crippen LogP contribution < -0.4 is 15.4 Å². The van der Waals surface area contributed by atoms with Gasteiger partial charge in [-0.3, -0.25) is 0 Å². The van der Waals surface area contributed by atoms with Crippen LogP contribution in [0.15, 0.2) is 18.2 Å². The van der Waals surface area contributed by atoms with Crippen LogP contribution in [0, 0.1) is 6.92 Å². The maximum absolute atomic E-state index is 11.8. The summed E-state index contributed by atoms with van der Waals surface area (Å²) in [6.07, 6.45) is 3.60. The first kappa shape index (κ1) is 15.6. The Morgan fingerprint density at radius 1 is 1.33 bits per heavy atom. The molecular weight excluding hydrogens is 268 g/mol. The number of ether oxygens (including phenoxy) is 1. The molecule has 0 aliphatic heterocycles. The zero-order chi connectivity index (χ0) is 15.3. The molecule has 0 heterocycles. The van der Waals surface area contributed by atoms with Crippen molar-refractivity contribution in [2.24, 2.45) is 0 Å². The van der Waals surface area contributed by atoms with Gasteiger partial charge in [0.2, 0.25) is 0 Å². The second-order valence-corrected chi connectivity index (χ2v) is 5.77. The van der Waals surface area contributed by atoms with E-state index in [1.165, 1.54) is 0 Å². The van der Waals surface area contributed by atoms with Crippen LogP contribution in [0.25, 0.3) is 0 Å². The third kappa shape index (κ3) is 4.36. The lowest BCUT2D eigenvalue weighted by atomic mass is 10.0. The highest BCUT2D eigenvalue weighted by Gasteiger charge is 2.31. The average molecular weight is 292 g/mol. The van der Waals surface area contributed by atoms with Gasteiger partial charge in [-0.1, -0.05) is 25.0 Å². The van der Waals surface area contributed by atoms with E-state index in [0.29, 0.717) is 13.1 Å². The number of hydrogen-bond donors (Lipinski definition) is 3. The second-order valence-electron chi connectivity index (χ2n) is 5.77. The average Bonchev–Trinajstić information content (AvgIpc) is 2.90. The van der Waals surface area contributed by atoms with Crippen molar-refractivity contribution in [3.8, 4) is 5.75 Å². The summed E-state index contributed by atoms with van der Waals surface area (Å²) in [7, 11) is 1.64. The standard InChI is InChI=1S/C16H24N2O3/c1-12-9-13(5-6-14(12)21-2)10-17-15(19)18-11-16(20)7-3-4-8-16/h5-6,9,20H,3-4,7-8,10-11H2,1-2H3,(H2,17,18,19). The van der Waals surface area contributed by atoms with E-state index in [4.69, 9.17) is 4.74 Å². The van der Waals surface area contributed by atoms with Gasteiger partial charge >= 0.3 is 6.03 Å². The maximum Gasteiger partial charge on any atom is 0.315 e. The Hall–Kier alpha value is -1.75. The Morgan fingerprint density at radius 3 is 2.67 bits per heavy atom. The van der Waals surface area contributed by atoms with Crippen molar-refractivity contribution >= 4 is 6.03 Å². The number of carbonyl (C=O) groups excluding carboxylic acids is 1. The molecule has 116 valence electrons. The number of benzene rings is 1.